The first-order chi connectivity index (χ1) is 10.8. The highest BCUT2D eigenvalue weighted by Gasteiger charge is 2.26. The number of nitrogens with zero attached hydrogens (tertiary/aromatic N) is 6. The number of guanidine groups is 1. The van der Waals surface area contributed by atoms with Crippen molar-refractivity contribution in [3.63, 3.8) is 0 Å². The Balaban J connectivity index is 0.00000192. The molecule has 1 saturated heterocycles. The summed E-state index contributed by atoms with van der Waals surface area (Å²) < 4.78 is 3.93. The summed E-state index contributed by atoms with van der Waals surface area (Å²) in [7, 11) is 3.81. The van der Waals surface area contributed by atoms with Crippen LogP contribution in [-0.4, -0.2) is 56.9 Å². The third kappa shape index (κ3) is 4.46. The predicted molar refractivity (Wildman–Crippen MR) is 101 cm³/mol. The van der Waals surface area contributed by atoms with Gasteiger partial charge in [-0.25, -0.2) is 4.98 Å². The topological polar surface area (TPSA) is 63.3 Å². The van der Waals surface area contributed by atoms with E-state index >= 15 is 0 Å². The van der Waals surface area contributed by atoms with E-state index in [9.17, 15) is 0 Å². The molecule has 3 heterocycles. The number of imidazole rings is 1. The summed E-state index contributed by atoms with van der Waals surface area (Å²) in [5.41, 5.74) is 1.32. The number of hydrogen-bond donors (Lipinski definition) is 1. The van der Waals surface area contributed by atoms with Gasteiger partial charge in [0.05, 0.1) is 12.5 Å². The van der Waals surface area contributed by atoms with E-state index in [2.05, 4.69) is 36.1 Å². The molecule has 23 heavy (non-hydrogen) atoms. The maximum absolute atomic E-state index is 4.41. The average molecular weight is 429 g/mol. The fraction of sp³-hybridized carbons (Fsp3) is 0.533. The third-order valence-corrected chi connectivity index (χ3v) is 4.11. The summed E-state index contributed by atoms with van der Waals surface area (Å²) in [4.78, 5) is 10.8. The fourth-order valence-electron chi connectivity index (χ4n) is 2.92. The number of hydrogen-bond acceptors (Lipinski definition) is 3. The van der Waals surface area contributed by atoms with Crippen LogP contribution in [0.5, 0.6) is 0 Å². The second-order valence-corrected chi connectivity index (χ2v) is 5.65. The van der Waals surface area contributed by atoms with Gasteiger partial charge in [-0.3, -0.25) is 9.67 Å². The molecule has 8 heteroatoms. The zero-order chi connectivity index (χ0) is 15.4. The first kappa shape index (κ1) is 17.8. The molecule has 2 aromatic heterocycles. The Morgan fingerprint density at radius 1 is 1.48 bits per heavy atom. The lowest BCUT2D eigenvalue weighted by atomic mass is 10.0. The Morgan fingerprint density at radius 3 is 3.00 bits per heavy atom. The van der Waals surface area contributed by atoms with Gasteiger partial charge in [-0.1, -0.05) is 0 Å². The van der Waals surface area contributed by atoms with Crippen molar-refractivity contribution in [2.75, 3.05) is 26.7 Å². The maximum Gasteiger partial charge on any atom is 0.193 e. The molecule has 1 unspecified atom stereocenters. The van der Waals surface area contributed by atoms with Gasteiger partial charge in [0.15, 0.2) is 5.96 Å². The Bertz CT molecular complexity index is 620. The molecule has 3 rings (SSSR count). The summed E-state index contributed by atoms with van der Waals surface area (Å²) in [6, 6.07) is 0. The van der Waals surface area contributed by atoms with Crippen LogP contribution in [0.4, 0.5) is 0 Å². The first-order valence-corrected chi connectivity index (χ1v) is 7.66. The summed E-state index contributed by atoms with van der Waals surface area (Å²) >= 11 is 0. The molecule has 0 radical (unpaired) electrons. The largest absolute Gasteiger partial charge is 0.354 e. The molecule has 0 bridgehead atoms. The monoisotopic (exact) mass is 429 g/mol. The number of aromatic nitrogens is 4. The number of halogens is 1. The second-order valence-electron chi connectivity index (χ2n) is 5.65. The molecule has 1 aliphatic heterocycles. The van der Waals surface area contributed by atoms with E-state index in [4.69, 9.17) is 0 Å². The third-order valence-electron chi connectivity index (χ3n) is 4.11. The zero-order valence-corrected chi connectivity index (χ0v) is 15.9. The van der Waals surface area contributed by atoms with Crippen LogP contribution in [0.25, 0.3) is 0 Å². The van der Waals surface area contributed by atoms with Crippen molar-refractivity contribution in [2.24, 2.45) is 12.0 Å². The van der Waals surface area contributed by atoms with E-state index in [1.165, 1.54) is 5.56 Å². The normalized spacial score (nSPS) is 18.1. The minimum Gasteiger partial charge on any atom is -0.354 e. The van der Waals surface area contributed by atoms with Crippen LogP contribution >= 0.6 is 24.0 Å². The smallest absolute Gasteiger partial charge is 0.193 e. The lowest BCUT2D eigenvalue weighted by molar-refractivity contribution is 0.482. The molecule has 126 valence electrons. The minimum absolute atomic E-state index is 0. The Kier molecular flexibility index (Phi) is 6.43. The van der Waals surface area contributed by atoms with Crippen LogP contribution in [0, 0.1) is 0 Å². The molecule has 7 nitrogen and oxygen atoms in total. The van der Waals surface area contributed by atoms with Gasteiger partial charge in [0, 0.05) is 64.8 Å². The standard InChI is InChI=1S/C15H23N7.HI/c1-16-15(18-5-8-21-7-4-17-12-21)22-6-3-13(11-22)14-9-19-20(2)10-14;/h4,7,9-10,12-13H,3,5-6,8,11H2,1-2H3,(H,16,18);1H. The van der Waals surface area contributed by atoms with Crippen LogP contribution in [0.2, 0.25) is 0 Å². The van der Waals surface area contributed by atoms with E-state index < -0.39 is 0 Å². The Labute approximate surface area is 153 Å². The molecule has 1 atom stereocenters. The second kappa shape index (κ2) is 8.32. The number of likely N-dealkylation sites (tertiary alicyclic amines) is 1. The van der Waals surface area contributed by atoms with Crippen molar-refractivity contribution in [3.8, 4) is 0 Å². The minimum atomic E-state index is 0. The van der Waals surface area contributed by atoms with Crippen LogP contribution in [-0.2, 0) is 13.6 Å². The number of aryl methyl sites for hydroxylation is 1. The number of aliphatic imine (C=N–C) groups is 1. The molecule has 1 fully saturated rings. The summed E-state index contributed by atoms with van der Waals surface area (Å²) in [5, 5.41) is 7.71. The molecule has 0 amide bonds. The van der Waals surface area contributed by atoms with E-state index in [0.29, 0.717) is 5.92 Å². The van der Waals surface area contributed by atoms with E-state index in [-0.39, 0.29) is 24.0 Å². The number of rotatable bonds is 4. The van der Waals surface area contributed by atoms with E-state index in [1.54, 1.807) is 6.20 Å². The molecule has 0 spiro atoms. The van der Waals surface area contributed by atoms with Gasteiger partial charge in [0.25, 0.3) is 0 Å². The quantitative estimate of drug-likeness (QED) is 0.452. The molecule has 0 saturated carbocycles. The van der Waals surface area contributed by atoms with Crippen molar-refractivity contribution in [1.82, 2.24) is 29.5 Å². The first-order valence-electron chi connectivity index (χ1n) is 7.66. The SMILES string of the molecule is CN=C(NCCn1ccnc1)N1CCC(c2cnn(C)c2)C1.I. The maximum atomic E-state index is 4.41. The van der Waals surface area contributed by atoms with Crippen molar-refractivity contribution < 1.29 is 0 Å². The Morgan fingerprint density at radius 2 is 2.35 bits per heavy atom. The van der Waals surface area contributed by atoms with Gasteiger partial charge in [-0.2, -0.15) is 5.10 Å². The molecule has 2 aromatic rings. The van der Waals surface area contributed by atoms with Crippen molar-refractivity contribution >= 4 is 29.9 Å². The van der Waals surface area contributed by atoms with E-state index in [0.717, 1.165) is 38.6 Å². The van der Waals surface area contributed by atoms with Crippen molar-refractivity contribution in [2.45, 2.75) is 18.9 Å². The predicted octanol–water partition coefficient (Wildman–Crippen LogP) is 1.30. The van der Waals surface area contributed by atoms with Crippen LogP contribution in [0.15, 0.2) is 36.1 Å². The molecular formula is C15H24IN7. The van der Waals surface area contributed by atoms with Crippen molar-refractivity contribution in [1.29, 1.82) is 0 Å². The van der Waals surface area contributed by atoms with Crippen molar-refractivity contribution in [3.05, 3.63) is 36.7 Å². The highest BCUT2D eigenvalue weighted by atomic mass is 127. The summed E-state index contributed by atoms with van der Waals surface area (Å²) in [5.74, 6) is 1.52. The highest BCUT2D eigenvalue weighted by molar-refractivity contribution is 14.0. The van der Waals surface area contributed by atoms with Gasteiger partial charge in [0.2, 0.25) is 0 Å². The fourth-order valence-corrected chi connectivity index (χ4v) is 2.92. The van der Waals surface area contributed by atoms with Gasteiger partial charge in [-0.15, -0.1) is 24.0 Å². The van der Waals surface area contributed by atoms with Gasteiger partial charge < -0.3 is 14.8 Å². The lowest BCUT2D eigenvalue weighted by Gasteiger charge is -2.21. The molecule has 1 N–H and O–H groups in total. The van der Waals surface area contributed by atoms with Crippen LogP contribution < -0.4 is 5.32 Å². The summed E-state index contributed by atoms with van der Waals surface area (Å²) in [6.07, 6.45) is 10.8. The van der Waals surface area contributed by atoms with Crippen LogP contribution in [0.3, 0.4) is 0 Å². The van der Waals surface area contributed by atoms with Gasteiger partial charge in [0.1, 0.15) is 0 Å². The lowest BCUT2D eigenvalue weighted by Crippen LogP contribution is -2.41. The molecule has 1 aliphatic rings. The van der Waals surface area contributed by atoms with Crippen LogP contribution in [0.1, 0.15) is 17.9 Å². The van der Waals surface area contributed by atoms with Gasteiger partial charge in [-0.05, 0) is 12.0 Å². The number of nitrogens with one attached hydrogen (secondary N) is 1. The molecule has 0 aromatic carbocycles. The van der Waals surface area contributed by atoms with Gasteiger partial charge >= 0.3 is 0 Å². The zero-order valence-electron chi connectivity index (χ0n) is 13.6. The molecule has 0 aliphatic carbocycles. The highest BCUT2D eigenvalue weighted by Crippen LogP contribution is 2.26. The molecular weight excluding hydrogens is 405 g/mol. The Hall–Kier alpha value is -1.58. The summed E-state index contributed by atoms with van der Waals surface area (Å²) in [6.45, 7) is 3.76. The average Bonchev–Trinajstić information content (AvgIpc) is 3.24. The van der Waals surface area contributed by atoms with E-state index in [1.807, 2.05) is 37.5 Å².